The van der Waals surface area contributed by atoms with Crippen molar-refractivity contribution in [1.82, 2.24) is 4.90 Å². The molecule has 8 heteroatoms. The van der Waals surface area contributed by atoms with Crippen LogP contribution < -0.4 is 4.90 Å². The second kappa shape index (κ2) is 5.68. The Labute approximate surface area is 136 Å². The van der Waals surface area contributed by atoms with E-state index in [1.807, 2.05) is 29.2 Å². The Kier molecular flexibility index (Phi) is 3.93. The van der Waals surface area contributed by atoms with Gasteiger partial charge >= 0.3 is 12.1 Å². The van der Waals surface area contributed by atoms with Crippen molar-refractivity contribution in [1.29, 1.82) is 0 Å². The highest BCUT2D eigenvalue weighted by molar-refractivity contribution is 5.85. The number of benzene rings is 1. The standard InChI is InChI=1S/C16H17F3N2O3/c17-16(18,19)15(14(23)24)6-8-21(10-15)13(22)9-20-7-5-11-3-1-2-4-12(11)20/h1-4H,5-10H2,(H,23,24). The van der Waals surface area contributed by atoms with Gasteiger partial charge in [0, 0.05) is 25.3 Å². The van der Waals surface area contributed by atoms with E-state index in [9.17, 15) is 22.8 Å². The number of carbonyl (C=O) groups is 2. The first kappa shape index (κ1) is 16.6. The SMILES string of the molecule is O=C(CN1CCc2ccccc21)N1CCC(C(=O)O)(C(F)(F)F)C1. The molecular formula is C16H17F3N2O3. The maximum atomic E-state index is 13.2. The number of halogens is 3. The van der Waals surface area contributed by atoms with Crippen LogP contribution in [-0.2, 0) is 16.0 Å². The van der Waals surface area contributed by atoms with Crippen LogP contribution in [0.5, 0.6) is 0 Å². The van der Waals surface area contributed by atoms with Crippen molar-refractivity contribution in [3.05, 3.63) is 29.8 Å². The highest BCUT2D eigenvalue weighted by Gasteiger charge is 2.64. The van der Waals surface area contributed by atoms with Gasteiger partial charge in [-0.15, -0.1) is 0 Å². The highest BCUT2D eigenvalue weighted by Crippen LogP contribution is 2.45. The summed E-state index contributed by atoms with van der Waals surface area (Å²) in [5.74, 6) is -2.39. The van der Waals surface area contributed by atoms with E-state index in [0.717, 1.165) is 22.6 Å². The van der Waals surface area contributed by atoms with Crippen LogP contribution >= 0.6 is 0 Å². The van der Waals surface area contributed by atoms with Gasteiger partial charge in [-0.2, -0.15) is 13.2 Å². The van der Waals surface area contributed by atoms with Gasteiger partial charge in [-0.1, -0.05) is 18.2 Å². The van der Waals surface area contributed by atoms with Gasteiger partial charge in [-0.05, 0) is 24.5 Å². The van der Waals surface area contributed by atoms with E-state index < -0.39 is 36.4 Å². The largest absolute Gasteiger partial charge is 0.481 e. The van der Waals surface area contributed by atoms with Crippen molar-refractivity contribution >= 4 is 17.6 Å². The minimum atomic E-state index is -4.88. The molecule has 0 radical (unpaired) electrons. The normalized spacial score (nSPS) is 23.5. The molecular weight excluding hydrogens is 325 g/mol. The van der Waals surface area contributed by atoms with E-state index in [0.29, 0.717) is 6.54 Å². The van der Waals surface area contributed by atoms with Gasteiger partial charge in [-0.3, -0.25) is 9.59 Å². The molecule has 1 saturated heterocycles. The van der Waals surface area contributed by atoms with Crippen LogP contribution in [0, 0.1) is 5.41 Å². The summed E-state index contributed by atoms with van der Waals surface area (Å²) in [4.78, 5) is 26.4. The van der Waals surface area contributed by atoms with Crippen LogP contribution in [0.2, 0.25) is 0 Å². The molecule has 2 aliphatic heterocycles. The lowest BCUT2D eigenvalue weighted by atomic mass is 9.86. The van der Waals surface area contributed by atoms with E-state index in [-0.39, 0.29) is 13.1 Å². The molecule has 1 aromatic carbocycles. The second-order valence-corrected chi connectivity index (χ2v) is 6.25. The first-order valence-electron chi connectivity index (χ1n) is 7.65. The van der Waals surface area contributed by atoms with Crippen LogP contribution in [0.25, 0.3) is 0 Å². The van der Waals surface area contributed by atoms with E-state index in [4.69, 9.17) is 5.11 Å². The summed E-state index contributed by atoms with van der Waals surface area (Å²) in [7, 11) is 0. The molecule has 1 fully saturated rings. The summed E-state index contributed by atoms with van der Waals surface area (Å²) in [5.41, 5.74) is -0.849. The minimum Gasteiger partial charge on any atom is -0.481 e. The quantitative estimate of drug-likeness (QED) is 0.912. The zero-order chi connectivity index (χ0) is 17.5. The molecule has 130 valence electrons. The van der Waals surface area contributed by atoms with Crippen molar-refractivity contribution in [2.75, 3.05) is 31.1 Å². The first-order valence-corrected chi connectivity index (χ1v) is 7.65. The van der Waals surface area contributed by atoms with Gasteiger partial charge in [0.05, 0.1) is 6.54 Å². The number of likely N-dealkylation sites (tertiary alicyclic amines) is 1. The minimum absolute atomic E-state index is 0.0371. The molecule has 1 unspecified atom stereocenters. The second-order valence-electron chi connectivity index (χ2n) is 6.25. The number of fused-ring (bicyclic) bond motifs is 1. The van der Waals surface area contributed by atoms with Crippen LogP contribution in [0.3, 0.4) is 0 Å². The molecule has 5 nitrogen and oxygen atoms in total. The van der Waals surface area contributed by atoms with Gasteiger partial charge in [0.25, 0.3) is 0 Å². The van der Waals surface area contributed by atoms with E-state index >= 15 is 0 Å². The maximum Gasteiger partial charge on any atom is 0.406 e. The molecule has 2 aliphatic rings. The summed E-state index contributed by atoms with van der Waals surface area (Å²) in [5, 5.41) is 9.04. The third-order valence-corrected chi connectivity index (χ3v) is 4.88. The molecule has 1 amide bonds. The number of alkyl halides is 3. The van der Waals surface area contributed by atoms with Crippen molar-refractivity contribution in [2.45, 2.75) is 19.0 Å². The Hall–Kier alpha value is -2.25. The topological polar surface area (TPSA) is 60.9 Å². The van der Waals surface area contributed by atoms with Crippen molar-refractivity contribution in [3.63, 3.8) is 0 Å². The van der Waals surface area contributed by atoms with E-state index in [1.165, 1.54) is 0 Å². The summed E-state index contributed by atoms with van der Waals surface area (Å²) in [6, 6.07) is 7.57. The lowest BCUT2D eigenvalue weighted by Crippen LogP contribution is -2.48. The first-order chi connectivity index (χ1) is 11.2. The fourth-order valence-corrected chi connectivity index (χ4v) is 3.38. The van der Waals surface area contributed by atoms with Gasteiger partial charge < -0.3 is 14.9 Å². The fourth-order valence-electron chi connectivity index (χ4n) is 3.38. The number of hydrogen-bond donors (Lipinski definition) is 1. The number of carbonyl (C=O) groups excluding carboxylic acids is 1. The number of anilines is 1. The number of para-hydroxylation sites is 1. The van der Waals surface area contributed by atoms with Crippen LogP contribution in [0.1, 0.15) is 12.0 Å². The number of nitrogens with zero attached hydrogens (tertiary/aromatic N) is 2. The van der Waals surface area contributed by atoms with Crippen molar-refractivity contribution in [2.24, 2.45) is 5.41 Å². The maximum absolute atomic E-state index is 13.2. The fraction of sp³-hybridized carbons (Fsp3) is 0.500. The Morgan fingerprint density at radius 1 is 1.21 bits per heavy atom. The predicted octanol–water partition coefficient (Wildman–Crippen LogP) is 1.91. The summed E-state index contributed by atoms with van der Waals surface area (Å²) in [6.45, 7) is -0.423. The molecule has 3 rings (SSSR count). The van der Waals surface area contributed by atoms with E-state index in [2.05, 4.69) is 0 Å². The number of hydrogen-bond acceptors (Lipinski definition) is 3. The number of carboxylic acids is 1. The lowest BCUT2D eigenvalue weighted by molar-refractivity contribution is -0.227. The Balaban J connectivity index is 1.71. The lowest BCUT2D eigenvalue weighted by Gasteiger charge is -2.28. The highest BCUT2D eigenvalue weighted by atomic mass is 19.4. The molecule has 1 aromatic rings. The average molecular weight is 342 g/mol. The summed E-state index contributed by atoms with van der Waals surface area (Å²) in [6.07, 6.45) is -4.70. The predicted molar refractivity (Wildman–Crippen MR) is 79.7 cm³/mol. The van der Waals surface area contributed by atoms with Gasteiger partial charge in [0.15, 0.2) is 5.41 Å². The number of amides is 1. The van der Waals surface area contributed by atoms with Crippen LogP contribution in [0.4, 0.5) is 18.9 Å². The molecule has 0 spiro atoms. The zero-order valence-electron chi connectivity index (χ0n) is 12.8. The van der Waals surface area contributed by atoms with Crippen LogP contribution in [-0.4, -0.2) is 54.2 Å². The monoisotopic (exact) mass is 342 g/mol. The Bertz CT molecular complexity index is 677. The Morgan fingerprint density at radius 3 is 2.54 bits per heavy atom. The van der Waals surface area contributed by atoms with Crippen molar-refractivity contribution in [3.8, 4) is 0 Å². The van der Waals surface area contributed by atoms with Gasteiger partial charge in [0.1, 0.15) is 0 Å². The molecule has 0 saturated carbocycles. The van der Waals surface area contributed by atoms with Crippen molar-refractivity contribution < 1.29 is 27.9 Å². The zero-order valence-corrected chi connectivity index (χ0v) is 12.8. The average Bonchev–Trinajstić information content (AvgIpc) is 3.12. The molecule has 2 heterocycles. The molecule has 0 aromatic heterocycles. The number of aliphatic carboxylic acids is 1. The summed E-state index contributed by atoms with van der Waals surface area (Å²) < 4.78 is 39.5. The molecule has 0 bridgehead atoms. The van der Waals surface area contributed by atoms with Gasteiger partial charge in [0.2, 0.25) is 5.91 Å². The Morgan fingerprint density at radius 2 is 1.92 bits per heavy atom. The summed E-state index contributed by atoms with van der Waals surface area (Å²) >= 11 is 0. The third kappa shape index (κ3) is 2.59. The third-order valence-electron chi connectivity index (χ3n) is 4.88. The van der Waals surface area contributed by atoms with E-state index in [1.54, 1.807) is 0 Å². The van der Waals surface area contributed by atoms with Crippen LogP contribution in [0.15, 0.2) is 24.3 Å². The molecule has 24 heavy (non-hydrogen) atoms. The van der Waals surface area contributed by atoms with Gasteiger partial charge in [-0.25, -0.2) is 0 Å². The number of rotatable bonds is 3. The molecule has 1 atom stereocenters. The molecule has 0 aliphatic carbocycles. The smallest absolute Gasteiger partial charge is 0.406 e. The molecule has 1 N–H and O–H groups in total. The number of carboxylic acid groups (broad SMARTS) is 1.